The zero-order valence-electron chi connectivity index (χ0n) is 9.26. The summed E-state index contributed by atoms with van der Waals surface area (Å²) in [6.07, 6.45) is 0. The van der Waals surface area contributed by atoms with Gasteiger partial charge in [0, 0.05) is 24.3 Å². The first-order valence-corrected chi connectivity index (χ1v) is 5.39. The molecular weight excluding hydrogens is 222 g/mol. The first kappa shape index (κ1) is 11.6. The van der Waals surface area contributed by atoms with Crippen molar-refractivity contribution < 1.29 is 19.4 Å². The normalized spacial score (nSPS) is 15.6. The van der Waals surface area contributed by atoms with Crippen LogP contribution in [0.25, 0.3) is 0 Å². The summed E-state index contributed by atoms with van der Waals surface area (Å²) in [7, 11) is 0. The quantitative estimate of drug-likeness (QED) is 0.619. The van der Waals surface area contributed by atoms with E-state index in [0.717, 1.165) is 18.8 Å². The summed E-state index contributed by atoms with van der Waals surface area (Å²) >= 11 is 0. The third kappa shape index (κ3) is 2.62. The molecule has 1 fully saturated rings. The molecule has 0 bridgehead atoms. The molecule has 2 rings (SSSR count). The fourth-order valence-electron chi connectivity index (χ4n) is 1.79. The number of carboxylic acid groups (broad SMARTS) is 1. The number of Topliss-reactive ketones (excluding diaryl/α,β-unsaturated/α-hetero) is 1. The molecule has 0 atom stereocenters. The third-order valence-electron chi connectivity index (χ3n) is 2.68. The fourth-order valence-corrected chi connectivity index (χ4v) is 1.79. The Morgan fingerprint density at radius 2 is 1.94 bits per heavy atom. The fraction of sp³-hybridized carbons (Fsp3) is 0.333. The molecule has 1 heterocycles. The Morgan fingerprint density at radius 3 is 2.59 bits per heavy atom. The van der Waals surface area contributed by atoms with E-state index in [1.54, 1.807) is 12.1 Å². The van der Waals surface area contributed by atoms with Crippen molar-refractivity contribution >= 4 is 17.4 Å². The molecular formula is C12H13NO4. The third-order valence-corrected chi connectivity index (χ3v) is 2.68. The molecule has 17 heavy (non-hydrogen) atoms. The smallest absolute Gasteiger partial charge is 0.377 e. The number of carbonyl (C=O) groups is 2. The molecule has 0 unspecified atom stereocenters. The van der Waals surface area contributed by atoms with Gasteiger partial charge in [0.25, 0.3) is 5.78 Å². The van der Waals surface area contributed by atoms with E-state index < -0.39 is 11.8 Å². The van der Waals surface area contributed by atoms with Crippen molar-refractivity contribution in [2.45, 2.75) is 0 Å². The molecule has 1 aliphatic rings. The number of morpholine rings is 1. The number of ether oxygens (including phenoxy) is 1. The number of anilines is 1. The Bertz CT molecular complexity index is 438. The van der Waals surface area contributed by atoms with Gasteiger partial charge in [-0.15, -0.1) is 0 Å². The molecule has 0 aromatic heterocycles. The lowest BCUT2D eigenvalue weighted by atomic mass is 10.1. The van der Waals surface area contributed by atoms with E-state index in [1.165, 1.54) is 6.07 Å². The van der Waals surface area contributed by atoms with Crippen molar-refractivity contribution in [1.82, 2.24) is 0 Å². The lowest BCUT2D eigenvalue weighted by Crippen LogP contribution is -2.36. The zero-order chi connectivity index (χ0) is 12.3. The SMILES string of the molecule is O=C(O)C(=O)c1cccc(N2CCOCC2)c1. The summed E-state index contributed by atoms with van der Waals surface area (Å²) in [6.45, 7) is 2.81. The van der Waals surface area contributed by atoms with Crippen LogP contribution in [0.4, 0.5) is 5.69 Å². The number of hydrogen-bond donors (Lipinski definition) is 1. The molecule has 1 saturated heterocycles. The molecule has 5 heteroatoms. The van der Waals surface area contributed by atoms with Gasteiger partial charge >= 0.3 is 5.97 Å². The largest absolute Gasteiger partial charge is 0.475 e. The van der Waals surface area contributed by atoms with Crippen LogP contribution in [-0.4, -0.2) is 43.2 Å². The monoisotopic (exact) mass is 235 g/mol. The van der Waals surface area contributed by atoms with Gasteiger partial charge in [0.1, 0.15) is 0 Å². The van der Waals surface area contributed by atoms with Crippen molar-refractivity contribution in [2.75, 3.05) is 31.2 Å². The van der Waals surface area contributed by atoms with E-state index in [-0.39, 0.29) is 5.56 Å². The summed E-state index contributed by atoms with van der Waals surface area (Å²) in [4.78, 5) is 24.0. The lowest BCUT2D eigenvalue weighted by molar-refractivity contribution is -0.131. The molecule has 0 aliphatic carbocycles. The van der Waals surface area contributed by atoms with Crippen LogP contribution in [0.5, 0.6) is 0 Å². The standard InChI is InChI=1S/C12H13NO4/c14-11(12(15)16)9-2-1-3-10(8-9)13-4-6-17-7-5-13/h1-3,8H,4-7H2,(H,15,16). The van der Waals surface area contributed by atoms with Gasteiger partial charge in [0.2, 0.25) is 0 Å². The van der Waals surface area contributed by atoms with Gasteiger partial charge in [-0.1, -0.05) is 12.1 Å². The molecule has 1 N–H and O–H groups in total. The highest BCUT2D eigenvalue weighted by atomic mass is 16.5. The van der Waals surface area contributed by atoms with E-state index in [2.05, 4.69) is 4.90 Å². The van der Waals surface area contributed by atoms with Gasteiger partial charge in [0.05, 0.1) is 13.2 Å². The molecule has 0 spiro atoms. The number of carbonyl (C=O) groups excluding carboxylic acids is 1. The number of hydrogen-bond acceptors (Lipinski definition) is 4. The van der Waals surface area contributed by atoms with Crippen LogP contribution in [0.15, 0.2) is 24.3 Å². The highest BCUT2D eigenvalue weighted by molar-refractivity contribution is 6.39. The predicted octanol–water partition coefficient (Wildman–Crippen LogP) is 0.790. The van der Waals surface area contributed by atoms with E-state index in [1.807, 2.05) is 6.07 Å². The van der Waals surface area contributed by atoms with Crippen LogP contribution >= 0.6 is 0 Å². The molecule has 5 nitrogen and oxygen atoms in total. The molecule has 1 aromatic rings. The van der Waals surface area contributed by atoms with E-state index >= 15 is 0 Å². The topological polar surface area (TPSA) is 66.8 Å². The number of carboxylic acids is 1. The summed E-state index contributed by atoms with van der Waals surface area (Å²) < 4.78 is 5.23. The van der Waals surface area contributed by atoms with Crippen LogP contribution in [0.3, 0.4) is 0 Å². The van der Waals surface area contributed by atoms with Crippen molar-refractivity contribution in [3.8, 4) is 0 Å². The van der Waals surface area contributed by atoms with Gasteiger partial charge < -0.3 is 14.7 Å². The van der Waals surface area contributed by atoms with Crippen LogP contribution in [0, 0.1) is 0 Å². The highest BCUT2D eigenvalue weighted by Gasteiger charge is 2.17. The minimum Gasteiger partial charge on any atom is -0.475 e. The van der Waals surface area contributed by atoms with Crippen molar-refractivity contribution in [1.29, 1.82) is 0 Å². The van der Waals surface area contributed by atoms with Gasteiger partial charge in [-0.25, -0.2) is 4.79 Å². The van der Waals surface area contributed by atoms with Gasteiger partial charge in [-0.2, -0.15) is 0 Å². The van der Waals surface area contributed by atoms with Crippen molar-refractivity contribution in [3.63, 3.8) is 0 Å². The van der Waals surface area contributed by atoms with Crippen LogP contribution < -0.4 is 4.90 Å². The minimum atomic E-state index is -1.43. The average Bonchev–Trinajstić information content (AvgIpc) is 2.39. The zero-order valence-corrected chi connectivity index (χ0v) is 9.26. The minimum absolute atomic E-state index is 0.210. The van der Waals surface area contributed by atoms with Crippen molar-refractivity contribution in [2.24, 2.45) is 0 Å². The molecule has 0 saturated carbocycles. The summed E-state index contributed by atoms with van der Waals surface area (Å²) in [5, 5.41) is 8.65. The summed E-state index contributed by atoms with van der Waals surface area (Å²) in [6, 6.07) is 6.69. The Balaban J connectivity index is 2.21. The molecule has 90 valence electrons. The van der Waals surface area contributed by atoms with E-state index in [9.17, 15) is 9.59 Å². The Hall–Kier alpha value is -1.88. The number of aliphatic carboxylic acids is 1. The molecule has 1 aromatic carbocycles. The highest BCUT2D eigenvalue weighted by Crippen LogP contribution is 2.17. The second-order valence-electron chi connectivity index (χ2n) is 3.78. The average molecular weight is 235 g/mol. The van der Waals surface area contributed by atoms with E-state index in [0.29, 0.717) is 13.2 Å². The van der Waals surface area contributed by atoms with Crippen LogP contribution in [0.1, 0.15) is 10.4 Å². The first-order valence-electron chi connectivity index (χ1n) is 5.39. The van der Waals surface area contributed by atoms with Gasteiger partial charge in [0.15, 0.2) is 0 Å². The number of ketones is 1. The maximum Gasteiger partial charge on any atom is 0.377 e. The Labute approximate surface area is 98.6 Å². The van der Waals surface area contributed by atoms with Crippen LogP contribution in [0.2, 0.25) is 0 Å². The number of nitrogens with zero attached hydrogens (tertiary/aromatic N) is 1. The van der Waals surface area contributed by atoms with Gasteiger partial charge in [-0.3, -0.25) is 4.79 Å². The lowest BCUT2D eigenvalue weighted by Gasteiger charge is -2.29. The maximum atomic E-state index is 11.3. The molecule has 0 radical (unpaired) electrons. The van der Waals surface area contributed by atoms with E-state index in [4.69, 9.17) is 9.84 Å². The summed E-state index contributed by atoms with van der Waals surface area (Å²) in [5.41, 5.74) is 1.07. The summed E-state index contributed by atoms with van der Waals surface area (Å²) in [5.74, 6) is -2.30. The maximum absolute atomic E-state index is 11.3. The number of benzene rings is 1. The Morgan fingerprint density at radius 1 is 1.24 bits per heavy atom. The number of rotatable bonds is 3. The first-order chi connectivity index (χ1) is 8.18. The van der Waals surface area contributed by atoms with Gasteiger partial charge in [-0.05, 0) is 12.1 Å². The van der Waals surface area contributed by atoms with Crippen molar-refractivity contribution in [3.05, 3.63) is 29.8 Å². The molecule has 0 amide bonds. The second-order valence-corrected chi connectivity index (χ2v) is 3.78. The Kier molecular flexibility index (Phi) is 3.39. The predicted molar refractivity (Wildman–Crippen MR) is 61.4 cm³/mol. The second kappa shape index (κ2) is 4.97. The van der Waals surface area contributed by atoms with Crippen LogP contribution in [-0.2, 0) is 9.53 Å². The molecule has 1 aliphatic heterocycles.